The van der Waals surface area contributed by atoms with Gasteiger partial charge in [-0.15, -0.1) is 0 Å². The summed E-state index contributed by atoms with van der Waals surface area (Å²) >= 11 is 0. The Kier molecular flexibility index (Phi) is 6.12. The molecule has 9 nitrogen and oxygen atoms in total. The number of carbonyl (C=O) groups excluding carboxylic acids is 2. The quantitative estimate of drug-likeness (QED) is 0.718. The molecule has 2 fully saturated rings. The van der Waals surface area contributed by atoms with Crippen LogP contribution in [0.5, 0.6) is 0 Å². The largest absolute Gasteiger partial charge is 0.336 e. The summed E-state index contributed by atoms with van der Waals surface area (Å²) in [6.45, 7) is 1.63. The molecule has 32 heavy (non-hydrogen) atoms. The molecule has 0 bridgehead atoms. The van der Waals surface area contributed by atoms with Crippen LogP contribution in [-0.4, -0.2) is 50.8 Å². The molecule has 2 heterocycles. The van der Waals surface area contributed by atoms with Gasteiger partial charge in [-0.25, -0.2) is 13.2 Å². The Hall–Kier alpha value is -3.42. The van der Waals surface area contributed by atoms with Crippen molar-refractivity contribution in [2.75, 3.05) is 36.4 Å². The van der Waals surface area contributed by atoms with Gasteiger partial charge in [0.2, 0.25) is 15.9 Å². The molecule has 2 N–H and O–H groups in total. The lowest BCUT2D eigenvalue weighted by Gasteiger charge is -2.30. The van der Waals surface area contributed by atoms with Gasteiger partial charge in [-0.1, -0.05) is 12.1 Å². The zero-order valence-electron chi connectivity index (χ0n) is 17.3. The maximum absolute atomic E-state index is 12.9. The summed E-state index contributed by atoms with van der Waals surface area (Å²) in [5.41, 5.74) is 1.49. The monoisotopic (exact) mass is 453 g/mol. The molecular formula is C22H23N5O4S. The lowest BCUT2D eigenvalue weighted by atomic mass is 9.97. The number of nitrogens with one attached hydrogen (secondary N) is 2. The van der Waals surface area contributed by atoms with E-state index in [2.05, 4.69) is 10.6 Å². The van der Waals surface area contributed by atoms with E-state index in [-0.39, 0.29) is 41.4 Å². The topological polar surface area (TPSA) is 123 Å². The molecule has 2 aliphatic heterocycles. The molecule has 4 rings (SSSR count). The van der Waals surface area contributed by atoms with Crippen LogP contribution < -0.4 is 15.5 Å². The van der Waals surface area contributed by atoms with Crippen molar-refractivity contribution in [3.63, 3.8) is 0 Å². The van der Waals surface area contributed by atoms with Gasteiger partial charge >= 0.3 is 6.03 Å². The predicted octanol–water partition coefficient (Wildman–Crippen LogP) is 2.13. The van der Waals surface area contributed by atoms with Crippen LogP contribution in [0.2, 0.25) is 0 Å². The van der Waals surface area contributed by atoms with E-state index < -0.39 is 10.0 Å². The van der Waals surface area contributed by atoms with Gasteiger partial charge in [-0.05, 0) is 49.2 Å². The van der Waals surface area contributed by atoms with Crippen LogP contribution in [-0.2, 0) is 14.8 Å². The molecular weight excluding hydrogens is 430 g/mol. The molecule has 0 unspecified atom stereocenters. The second kappa shape index (κ2) is 8.98. The molecule has 0 aliphatic carbocycles. The van der Waals surface area contributed by atoms with E-state index in [9.17, 15) is 23.3 Å². The van der Waals surface area contributed by atoms with E-state index in [1.807, 2.05) is 6.07 Å². The summed E-state index contributed by atoms with van der Waals surface area (Å²) in [6, 6.07) is 15.0. The van der Waals surface area contributed by atoms with Gasteiger partial charge in [0.05, 0.1) is 10.5 Å². The van der Waals surface area contributed by atoms with Crippen LogP contribution in [0.4, 0.5) is 16.2 Å². The van der Waals surface area contributed by atoms with Gasteiger partial charge in [-0.2, -0.15) is 9.57 Å². The van der Waals surface area contributed by atoms with E-state index in [0.717, 1.165) is 5.69 Å². The first-order valence-corrected chi connectivity index (χ1v) is 11.8. The van der Waals surface area contributed by atoms with Crippen LogP contribution in [0, 0.1) is 17.2 Å². The molecule has 2 saturated heterocycles. The number of piperidine rings is 1. The Labute approximate surface area is 186 Å². The zero-order chi connectivity index (χ0) is 22.7. The van der Waals surface area contributed by atoms with Crippen molar-refractivity contribution in [1.29, 1.82) is 5.26 Å². The third kappa shape index (κ3) is 4.30. The third-order valence-corrected chi connectivity index (χ3v) is 7.71. The summed E-state index contributed by atoms with van der Waals surface area (Å²) in [5, 5.41) is 14.8. The predicted molar refractivity (Wildman–Crippen MR) is 118 cm³/mol. The van der Waals surface area contributed by atoms with E-state index in [1.165, 1.54) is 16.4 Å². The number of sulfonamides is 1. The summed E-state index contributed by atoms with van der Waals surface area (Å²) in [6.07, 6.45) is 0.789. The number of urea groups is 1. The fourth-order valence-corrected chi connectivity index (χ4v) is 5.58. The smallest absolute Gasteiger partial charge is 0.321 e. The van der Waals surface area contributed by atoms with Crippen molar-refractivity contribution >= 4 is 33.3 Å². The molecule has 0 radical (unpaired) electrons. The minimum Gasteiger partial charge on any atom is -0.336 e. The molecule has 166 valence electrons. The maximum Gasteiger partial charge on any atom is 0.321 e. The normalized spacial score (nSPS) is 17.6. The first kappa shape index (κ1) is 21.8. The third-order valence-electron chi connectivity index (χ3n) is 5.75. The van der Waals surface area contributed by atoms with Crippen LogP contribution in [0.3, 0.4) is 0 Å². The van der Waals surface area contributed by atoms with E-state index >= 15 is 0 Å². The average Bonchev–Trinajstić information content (AvgIpc) is 3.25. The van der Waals surface area contributed by atoms with Gasteiger partial charge in [0, 0.05) is 43.5 Å². The van der Waals surface area contributed by atoms with Gasteiger partial charge in [0.1, 0.15) is 6.07 Å². The van der Waals surface area contributed by atoms with E-state index in [1.54, 1.807) is 41.3 Å². The van der Waals surface area contributed by atoms with E-state index in [0.29, 0.717) is 31.6 Å². The molecule has 0 atom stereocenters. The number of nitriles is 1. The summed E-state index contributed by atoms with van der Waals surface area (Å²) in [7, 11) is -3.79. The minimum absolute atomic E-state index is 0.00262. The maximum atomic E-state index is 12.9. The number of rotatable bonds is 5. The highest BCUT2D eigenvalue weighted by Gasteiger charge is 2.33. The molecule has 0 spiro atoms. The SMILES string of the molecule is N#Cc1ccccc1S(=O)(=O)N1CCC(C(=O)Nc2ccc(N3CCNC3=O)cc2)CC1. The molecule has 0 aromatic heterocycles. The van der Waals surface area contributed by atoms with E-state index in [4.69, 9.17) is 0 Å². The lowest BCUT2D eigenvalue weighted by Crippen LogP contribution is -2.41. The highest BCUT2D eigenvalue weighted by Crippen LogP contribution is 2.27. The average molecular weight is 454 g/mol. The van der Waals surface area contributed by atoms with Crippen molar-refractivity contribution < 1.29 is 18.0 Å². The van der Waals surface area contributed by atoms with Crippen molar-refractivity contribution in [3.05, 3.63) is 54.1 Å². The summed E-state index contributed by atoms with van der Waals surface area (Å²) < 4.78 is 27.2. The van der Waals surface area contributed by atoms with Crippen molar-refractivity contribution in [2.24, 2.45) is 5.92 Å². The van der Waals surface area contributed by atoms with Crippen molar-refractivity contribution in [2.45, 2.75) is 17.7 Å². The standard InChI is InChI=1S/C22H23N5O4S/c23-15-17-3-1-2-4-20(17)32(30,31)26-12-9-16(10-13-26)21(28)25-18-5-7-19(8-6-18)27-14-11-24-22(27)29/h1-8,16H,9-14H2,(H,24,29)(H,25,28). The first-order chi connectivity index (χ1) is 15.4. The number of anilines is 2. The Morgan fingerprint density at radius 1 is 1.06 bits per heavy atom. The number of amides is 3. The van der Waals surface area contributed by atoms with Crippen molar-refractivity contribution in [1.82, 2.24) is 9.62 Å². The lowest BCUT2D eigenvalue weighted by molar-refractivity contribution is -0.120. The number of benzene rings is 2. The number of nitrogens with zero attached hydrogens (tertiary/aromatic N) is 3. The number of hydrogen-bond acceptors (Lipinski definition) is 5. The van der Waals surface area contributed by atoms with Crippen LogP contribution >= 0.6 is 0 Å². The molecule has 2 aromatic carbocycles. The van der Waals surface area contributed by atoms with Crippen LogP contribution in [0.1, 0.15) is 18.4 Å². The molecule has 0 saturated carbocycles. The first-order valence-electron chi connectivity index (χ1n) is 10.4. The van der Waals surface area contributed by atoms with Crippen LogP contribution in [0.25, 0.3) is 0 Å². The van der Waals surface area contributed by atoms with Gasteiger partial charge in [0.25, 0.3) is 0 Å². The highest BCUT2D eigenvalue weighted by atomic mass is 32.2. The molecule has 3 amide bonds. The van der Waals surface area contributed by atoms with Crippen LogP contribution in [0.15, 0.2) is 53.4 Å². The fourth-order valence-electron chi connectivity index (χ4n) is 3.97. The Morgan fingerprint density at radius 2 is 1.75 bits per heavy atom. The zero-order valence-corrected chi connectivity index (χ0v) is 18.1. The Balaban J connectivity index is 1.35. The highest BCUT2D eigenvalue weighted by molar-refractivity contribution is 7.89. The summed E-state index contributed by atoms with van der Waals surface area (Å²) in [4.78, 5) is 26.1. The van der Waals surface area contributed by atoms with Gasteiger partial charge in [-0.3, -0.25) is 9.69 Å². The minimum atomic E-state index is -3.79. The number of carbonyl (C=O) groups is 2. The van der Waals surface area contributed by atoms with Gasteiger partial charge < -0.3 is 10.6 Å². The second-order valence-electron chi connectivity index (χ2n) is 7.71. The molecule has 2 aliphatic rings. The Bertz CT molecular complexity index is 1170. The molecule has 2 aromatic rings. The Morgan fingerprint density at radius 3 is 2.38 bits per heavy atom. The number of hydrogen-bond donors (Lipinski definition) is 2. The fraction of sp³-hybridized carbons (Fsp3) is 0.318. The molecule has 10 heteroatoms. The van der Waals surface area contributed by atoms with Gasteiger partial charge in [0.15, 0.2) is 0 Å². The summed E-state index contributed by atoms with van der Waals surface area (Å²) in [5.74, 6) is -0.470. The second-order valence-corrected chi connectivity index (χ2v) is 9.61. The van der Waals surface area contributed by atoms with Crippen molar-refractivity contribution in [3.8, 4) is 6.07 Å².